The zero-order valence-corrected chi connectivity index (χ0v) is 4.52. The Morgan fingerprint density at radius 2 is 2.00 bits per heavy atom. The van der Waals surface area contributed by atoms with E-state index in [9.17, 15) is 13.2 Å². The number of alkyl halides is 2. The maximum Gasteiger partial charge on any atom is 0.186 e. The Hall–Kier alpha value is -0.730. The highest BCUT2D eigenvalue weighted by molar-refractivity contribution is 5.20. The second-order valence-electron chi connectivity index (χ2n) is 1.78. The van der Waals surface area contributed by atoms with E-state index >= 15 is 0 Å². The molecule has 3 heteroatoms. The van der Waals surface area contributed by atoms with E-state index in [1.54, 1.807) is 0 Å². The van der Waals surface area contributed by atoms with Crippen molar-refractivity contribution in [1.82, 2.24) is 0 Å². The molecule has 0 N–H and O–H groups in total. The number of allylic oxidation sites excluding steroid dienone is 4. The van der Waals surface area contributed by atoms with Crippen LogP contribution < -0.4 is 0 Å². The van der Waals surface area contributed by atoms with Crippen LogP contribution in [0.25, 0.3) is 0 Å². The minimum atomic E-state index is -2.09. The van der Waals surface area contributed by atoms with Gasteiger partial charge in [0.2, 0.25) is 0 Å². The molecule has 0 saturated carbocycles. The lowest BCUT2D eigenvalue weighted by Crippen LogP contribution is -2.17. The summed E-state index contributed by atoms with van der Waals surface area (Å²) >= 11 is 0. The summed E-state index contributed by atoms with van der Waals surface area (Å²) in [5.74, 6) is -1.04. The lowest BCUT2D eigenvalue weighted by Gasteiger charge is -2.09. The molecule has 1 aliphatic carbocycles. The number of halogens is 3. The summed E-state index contributed by atoms with van der Waals surface area (Å²) < 4.78 is 36.2. The van der Waals surface area contributed by atoms with Gasteiger partial charge in [0.25, 0.3) is 0 Å². The highest BCUT2D eigenvalue weighted by atomic mass is 19.2. The molecular formula is C6H5F3. The summed E-state index contributed by atoms with van der Waals surface area (Å²) in [4.78, 5) is 0. The molecule has 0 aromatic heterocycles. The van der Waals surface area contributed by atoms with Crippen molar-refractivity contribution in [1.29, 1.82) is 0 Å². The minimum absolute atomic E-state index is 0.917. The average Bonchev–Trinajstić information content (AvgIpc) is 1.83. The Balaban J connectivity index is 2.73. The lowest BCUT2D eigenvalue weighted by atomic mass is 10.1. The van der Waals surface area contributed by atoms with Crippen LogP contribution >= 0.6 is 0 Å². The Morgan fingerprint density at radius 1 is 1.33 bits per heavy atom. The molecule has 0 fully saturated rings. The quantitative estimate of drug-likeness (QED) is 0.475. The minimum Gasteiger partial charge on any atom is -0.239 e. The van der Waals surface area contributed by atoms with Crippen molar-refractivity contribution in [2.24, 2.45) is 0 Å². The van der Waals surface area contributed by atoms with Gasteiger partial charge in [-0.15, -0.1) is 0 Å². The zero-order valence-electron chi connectivity index (χ0n) is 4.52. The van der Waals surface area contributed by atoms with Crippen molar-refractivity contribution < 1.29 is 13.2 Å². The first kappa shape index (κ1) is 6.39. The van der Waals surface area contributed by atoms with Gasteiger partial charge in [-0.05, 0) is 12.2 Å². The summed E-state index contributed by atoms with van der Waals surface area (Å²) in [5, 5.41) is 0. The molecule has 1 rings (SSSR count). The van der Waals surface area contributed by atoms with Gasteiger partial charge in [0.05, 0.1) is 0 Å². The van der Waals surface area contributed by atoms with Crippen molar-refractivity contribution in [2.75, 3.05) is 0 Å². The summed E-state index contributed by atoms with van der Waals surface area (Å²) in [6, 6.07) is 0. The Bertz CT molecular complexity index is 160. The molecule has 0 nitrogen and oxygen atoms in total. The fourth-order valence-corrected chi connectivity index (χ4v) is 0.595. The predicted molar refractivity (Wildman–Crippen MR) is 28.1 cm³/mol. The highest BCUT2D eigenvalue weighted by Crippen LogP contribution is 2.20. The molecule has 1 aliphatic rings. The second-order valence-corrected chi connectivity index (χ2v) is 1.78. The van der Waals surface area contributed by atoms with Crippen LogP contribution in [0.3, 0.4) is 0 Å². The van der Waals surface area contributed by atoms with Gasteiger partial charge in [-0.3, -0.25) is 0 Å². The number of rotatable bonds is 0. The topological polar surface area (TPSA) is 0 Å². The third kappa shape index (κ3) is 1.15. The molecule has 0 aromatic rings. The van der Waals surface area contributed by atoms with Crippen molar-refractivity contribution >= 4 is 0 Å². The summed E-state index contributed by atoms with van der Waals surface area (Å²) in [6.45, 7) is 0. The molecule has 2 unspecified atom stereocenters. The molecule has 0 heterocycles. The van der Waals surface area contributed by atoms with Crippen LogP contribution in [-0.2, 0) is 0 Å². The summed E-state index contributed by atoms with van der Waals surface area (Å²) in [5.41, 5.74) is 0. The first-order valence-corrected chi connectivity index (χ1v) is 2.54. The average molecular weight is 134 g/mol. The molecule has 2 atom stereocenters. The first-order chi connectivity index (χ1) is 4.22. The molecule has 0 aliphatic heterocycles. The fraction of sp³-hybridized carbons (Fsp3) is 0.333. The van der Waals surface area contributed by atoms with Crippen LogP contribution in [0, 0.1) is 0 Å². The molecule has 0 amide bonds. The monoisotopic (exact) mass is 134 g/mol. The Labute approximate surface area is 50.7 Å². The fourth-order valence-electron chi connectivity index (χ4n) is 0.595. The van der Waals surface area contributed by atoms with E-state index in [-0.39, 0.29) is 0 Å². The maximum absolute atomic E-state index is 12.1. The van der Waals surface area contributed by atoms with Crippen molar-refractivity contribution in [2.45, 2.75) is 12.3 Å². The molecular weight excluding hydrogens is 129 g/mol. The predicted octanol–water partition coefficient (Wildman–Crippen LogP) is 2.09. The van der Waals surface area contributed by atoms with Gasteiger partial charge in [0, 0.05) is 0 Å². The van der Waals surface area contributed by atoms with E-state index in [0.29, 0.717) is 0 Å². The third-order valence-corrected chi connectivity index (χ3v) is 1.09. The van der Waals surface area contributed by atoms with E-state index in [4.69, 9.17) is 0 Å². The molecule has 0 radical (unpaired) electrons. The van der Waals surface area contributed by atoms with Gasteiger partial charge in [0.15, 0.2) is 12.3 Å². The molecule has 0 aromatic carbocycles. The van der Waals surface area contributed by atoms with Crippen molar-refractivity contribution in [3.8, 4) is 0 Å². The highest BCUT2D eigenvalue weighted by Gasteiger charge is 2.24. The Kier molecular flexibility index (Phi) is 1.60. The summed E-state index contributed by atoms with van der Waals surface area (Å²) in [6.07, 6.45) is -0.838. The molecule has 0 bridgehead atoms. The molecule has 50 valence electrons. The molecule has 0 spiro atoms. The van der Waals surface area contributed by atoms with E-state index < -0.39 is 18.2 Å². The van der Waals surface area contributed by atoms with Crippen LogP contribution in [0.4, 0.5) is 13.2 Å². The van der Waals surface area contributed by atoms with Gasteiger partial charge in [0.1, 0.15) is 5.83 Å². The van der Waals surface area contributed by atoms with Crippen LogP contribution in [0.1, 0.15) is 0 Å². The number of hydrogen-bond acceptors (Lipinski definition) is 0. The van der Waals surface area contributed by atoms with E-state index in [2.05, 4.69) is 0 Å². The van der Waals surface area contributed by atoms with E-state index in [1.165, 1.54) is 0 Å². The largest absolute Gasteiger partial charge is 0.239 e. The van der Waals surface area contributed by atoms with Crippen LogP contribution in [0.2, 0.25) is 0 Å². The maximum atomic E-state index is 12.1. The van der Waals surface area contributed by atoms with Gasteiger partial charge < -0.3 is 0 Å². The Morgan fingerprint density at radius 3 is 2.44 bits per heavy atom. The van der Waals surface area contributed by atoms with E-state index in [1.807, 2.05) is 0 Å². The molecule has 9 heavy (non-hydrogen) atoms. The van der Waals surface area contributed by atoms with Crippen LogP contribution in [0.15, 0.2) is 24.1 Å². The van der Waals surface area contributed by atoms with Gasteiger partial charge in [-0.2, -0.15) is 0 Å². The van der Waals surface area contributed by atoms with Crippen LogP contribution in [-0.4, -0.2) is 12.3 Å². The second kappa shape index (κ2) is 2.25. The SMILES string of the molecule is FC1=CC=CC(F)C1F. The van der Waals surface area contributed by atoms with Gasteiger partial charge in [-0.1, -0.05) is 6.08 Å². The first-order valence-electron chi connectivity index (χ1n) is 2.54. The van der Waals surface area contributed by atoms with Crippen molar-refractivity contribution in [3.05, 3.63) is 24.1 Å². The lowest BCUT2D eigenvalue weighted by molar-refractivity contribution is 0.206. The van der Waals surface area contributed by atoms with Crippen LogP contribution in [0.5, 0.6) is 0 Å². The standard InChI is InChI=1S/C6H5F3/c7-4-2-1-3-5(8)6(4)9/h1-4,6H. The third-order valence-electron chi connectivity index (χ3n) is 1.09. The smallest absolute Gasteiger partial charge is 0.186 e. The normalized spacial score (nSPS) is 34.3. The van der Waals surface area contributed by atoms with Gasteiger partial charge >= 0.3 is 0 Å². The van der Waals surface area contributed by atoms with E-state index in [0.717, 1.165) is 18.2 Å². The summed E-state index contributed by atoms with van der Waals surface area (Å²) in [7, 11) is 0. The zero-order chi connectivity index (χ0) is 6.85. The van der Waals surface area contributed by atoms with Gasteiger partial charge in [-0.25, -0.2) is 13.2 Å². The van der Waals surface area contributed by atoms with Crippen molar-refractivity contribution in [3.63, 3.8) is 0 Å². The molecule has 0 saturated heterocycles. The number of hydrogen-bond donors (Lipinski definition) is 0.